The smallest absolute Gasteiger partial charge is 0.238 e. The molecule has 0 atom stereocenters. The van der Waals surface area contributed by atoms with Gasteiger partial charge in [0.15, 0.2) is 5.76 Å². The van der Waals surface area contributed by atoms with Crippen LogP contribution in [0.15, 0.2) is 53.1 Å². The van der Waals surface area contributed by atoms with E-state index >= 15 is 0 Å². The maximum atomic E-state index is 12.4. The second-order valence-electron chi connectivity index (χ2n) is 4.61. The van der Waals surface area contributed by atoms with Crippen LogP contribution in [-0.2, 0) is 6.42 Å². The average Bonchev–Trinajstić information content (AvgIpc) is 3.17. The van der Waals surface area contributed by atoms with Crippen molar-refractivity contribution in [2.24, 2.45) is 0 Å². The highest BCUT2D eigenvalue weighted by Gasteiger charge is 2.18. The number of ketones is 1. The monoisotopic (exact) mass is 327 g/mol. The van der Waals surface area contributed by atoms with Gasteiger partial charge in [0.05, 0.1) is 23.6 Å². The zero-order valence-electron chi connectivity index (χ0n) is 11.4. The second-order valence-corrected chi connectivity index (χ2v) is 6.10. The maximum absolute atomic E-state index is 12.4. The van der Waals surface area contributed by atoms with Crippen LogP contribution in [0.3, 0.4) is 0 Å². The molecule has 0 bridgehead atoms. The molecule has 2 heterocycles. The molecule has 0 fully saturated rings. The fourth-order valence-corrected chi connectivity index (χ4v) is 3.39. The highest BCUT2D eigenvalue weighted by molar-refractivity contribution is 7.17. The predicted molar refractivity (Wildman–Crippen MR) is 86.2 cm³/mol. The molecule has 0 radical (unpaired) electrons. The van der Waals surface area contributed by atoms with Gasteiger partial charge in [-0.2, -0.15) is 5.26 Å². The number of hydrogen-bond acceptors (Lipinski definition) is 4. The Bertz CT molecular complexity index is 842. The molecular weight excluding hydrogens is 318 g/mol. The quantitative estimate of drug-likeness (QED) is 0.636. The van der Waals surface area contributed by atoms with E-state index in [1.165, 1.54) is 17.6 Å². The van der Waals surface area contributed by atoms with Crippen LogP contribution in [0.2, 0.25) is 5.02 Å². The Kier molecular flexibility index (Phi) is 4.10. The van der Waals surface area contributed by atoms with Crippen molar-refractivity contribution in [3.63, 3.8) is 0 Å². The Hall–Kier alpha value is -2.35. The van der Waals surface area contributed by atoms with Gasteiger partial charge in [-0.1, -0.05) is 23.7 Å². The van der Waals surface area contributed by atoms with E-state index in [-0.39, 0.29) is 12.2 Å². The first kappa shape index (κ1) is 14.6. The van der Waals surface area contributed by atoms with Gasteiger partial charge in [-0.3, -0.25) is 4.79 Å². The summed E-state index contributed by atoms with van der Waals surface area (Å²) in [5.41, 5.74) is 1.78. The van der Waals surface area contributed by atoms with Gasteiger partial charge in [-0.05, 0) is 41.5 Å². The zero-order chi connectivity index (χ0) is 15.5. The highest BCUT2D eigenvalue weighted by Crippen LogP contribution is 2.35. The van der Waals surface area contributed by atoms with Gasteiger partial charge in [-0.15, -0.1) is 11.3 Å². The molecular formula is C17H10ClNO2S. The van der Waals surface area contributed by atoms with Crippen LogP contribution in [-0.4, -0.2) is 5.78 Å². The molecule has 22 heavy (non-hydrogen) atoms. The third-order valence-electron chi connectivity index (χ3n) is 3.15. The fraction of sp³-hybridized carbons (Fsp3) is 0.0588. The van der Waals surface area contributed by atoms with Crippen molar-refractivity contribution in [3.05, 3.63) is 70.0 Å². The minimum Gasteiger partial charge on any atom is -0.461 e. The number of carbonyl (C=O) groups is 1. The fourth-order valence-electron chi connectivity index (χ4n) is 2.13. The lowest BCUT2D eigenvalue weighted by Crippen LogP contribution is -1.95. The van der Waals surface area contributed by atoms with Gasteiger partial charge < -0.3 is 4.42 Å². The Balaban J connectivity index is 2.04. The summed E-state index contributed by atoms with van der Waals surface area (Å²) in [6.07, 6.45) is 1.72. The molecule has 0 aliphatic carbocycles. The van der Waals surface area contributed by atoms with Gasteiger partial charge in [0, 0.05) is 9.90 Å². The molecule has 108 valence electrons. The van der Waals surface area contributed by atoms with E-state index in [9.17, 15) is 4.79 Å². The van der Waals surface area contributed by atoms with Crippen LogP contribution in [0, 0.1) is 11.3 Å². The number of carbonyl (C=O) groups excluding carboxylic acids is 1. The van der Waals surface area contributed by atoms with Crippen LogP contribution in [0.5, 0.6) is 0 Å². The number of halogens is 1. The molecule has 1 aromatic carbocycles. The largest absolute Gasteiger partial charge is 0.461 e. The number of furan rings is 1. The van der Waals surface area contributed by atoms with Crippen molar-refractivity contribution in [2.75, 3.05) is 0 Å². The van der Waals surface area contributed by atoms with Crippen LogP contribution in [0.25, 0.3) is 10.4 Å². The van der Waals surface area contributed by atoms with E-state index in [0.29, 0.717) is 15.7 Å². The van der Waals surface area contributed by atoms with E-state index in [1.54, 1.807) is 30.3 Å². The summed E-state index contributed by atoms with van der Waals surface area (Å²) >= 11 is 7.27. The Morgan fingerprint density at radius 2 is 2.05 bits per heavy atom. The normalized spacial score (nSPS) is 10.4. The minimum absolute atomic E-state index is 0.172. The molecule has 0 N–H and O–H groups in total. The average molecular weight is 328 g/mol. The van der Waals surface area contributed by atoms with Crippen molar-refractivity contribution in [2.45, 2.75) is 6.42 Å². The lowest BCUT2D eigenvalue weighted by molar-refractivity contribution is 0.101. The topological polar surface area (TPSA) is 54.0 Å². The van der Waals surface area contributed by atoms with Gasteiger partial charge >= 0.3 is 0 Å². The van der Waals surface area contributed by atoms with E-state index in [2.05, 4.69) is 6.07 Å². The van der Waals surface area contributed by atoms with Gasteiger partial charge in [-0.25, -0.2) is 0 Å². The van der Waals surface area contributed by atoms with Crippen molar-refractivity contribution >= 4 is 28.7 Å². The predicted octanol–water partition coefficient (Wildman–Crippen LogP) is 4.96. The number of nitriles is 1. The molecule has 0 spiro atoms. The summed E-state index contributed by atoms with van der Waals surface area (Å²) in [7, 11) is 0. The minimum atomic E-state index is -0.172. The summed E-state index contributed by atoms with van der Waals surface area (Å²) < 4.78 is 5.15. The summed E-state index contributed by atoms with van der Waals surface area (Å²) in [5, 5.41) is 9.64. The number of rotatable bonds is 4. The Morgan fingerprint density at radius 3 is 2.68 bits per heavy atom. The van der Waals surface area contributed by atoms with Crippen LogP contribution in [0.1, 0.15) is 21.0 Å². The lowest BCUT2D eigenvalue weighted by Gasteiger charge is -2.00. The van der Waals surface area contributed by atoms with E-state index in [4.69, 9.17) is 21.3 Å². The lowest BCUT2D eigenvalue weighted by atomic mass is 10.1. The summed E-state index contributed by atoms with van der Waals surface area (Å²) in [5.74, 6) is 0.127. The molecule has 0 aliphatic rings. The van der Waals surface area contributed by atoms with Gasteiger partial charge in [0.2, 0.25) is 5.78 Å². The Morgan fingerprint density at radius 1 is 1.27 bits per heavy atom. The van der Waals surface area contributed by atoms with Gasteiger partial charge in [0.1, 0.15) is 0 Å². The molecule has 0 amide bonds. The van der Waals surface area contributed by atoms with Crippen molar-refractivity contribution in [1.29, 1.82) is 5.26 Å². The Labute approximate surface area is 136 Å². The first-order valence-corrected chi connectivity index (χ1v) is 7.72. The third-order valence-corrected chi connectivity index (χ3v) is 4.63. The molecule has 3 nitrogen and oxygen atoms in total. The van der Waals surface area contributed by atoms with Crippen molar-refractivity contribution in [1.82, 2.24) is 0 Å². The molecule has 0 unspecified atom stereocenters. The second kappa shape index (κ2) is 6.18. The standard InChI is InChI=1S/C17H10ClNO2S/c18-13-5-3-11(4-6-13)17-12(7-8-19)10-15(22-17)16(20)14-2-1-9-21-14/h1-6,9-10H,7H2. The summed E-state index contributed by atoms with van der Waals surface area (Å²) in [6.45, 7) is 0. The summed E-state index contributed by atoms with van der Waals surface area (Å²) in [4.78, 5) is 13.8. The molecule has 3 rings (SSSR count). The van der Waals surface area contributed by atoms with Crippen molar-refractivity contribution < 1.29 is 9.21 Å². The molecule has 0 saturated heterocycles. The first-order chi connectivity index (χ1) is 10.7. The number of benzene rings is 1. The molecule has 0 saturated carbocycles. The summed E-state index contributed by atoms with van der Waals surface area (Å²) in [6, 6.07) is 14.6. The van der Waals surface area contributed by atoms with Crippen LogP contribution < -0.4 is 0 Å². The van der Waals surface area contributed by atoms with E-state index < -0.39 is 0 Å². The SMILES string of the molecule is N#CCc1cc(C(=O)c2ccco2)sc1-c1ccc(Cl)cc1. The zero-order valence-corrected chi connectivity index (χ0v) is 12.9. The molecule has 5 heteroatoms. The molecule has 0 aliphatic heterocycles. The van der Waals surface area contributed by atoms with E-state index in [1.807, 2.05) is 12.1 Å². The molecule has 2 aromatic heterocycles. The number of nitrogens with zero attached hydrogens (tertiary/aromatic N) is 1. The highest BCUT2D eigenvalue weighted by atomic mass is 35.5. The number of thiophene rings is 1. The molecule has 3 aromatic rings. The van der Waals surface area contributed by atoms with Crippen LogP contribution >= 0.6 is 22.9 Å². The third kappa shape index (κ3) is 2.82. The van der Waals surface area contributed by atoms with Crippen LogP contribution in [0.4, 0.5) is 0 Å². The first-order valence-electron chi connectivity index (χ1n) is 6.53. The van der Waals surface area contributed by atoms with Gasteiger partial charge in [0.25, 0.3) is 0 Å². The maximum Gasteiger partial charge on any atom is 0.238 e. The van der Waals surface area contributed by atoms with E-state index in [0.717, 1.165) is 16.0 Å². The van der Waals surface area contributed by atoms with Crippen molar-refractivity contribution in [3.8, 4) is 16.5 Å². The number of hydrogen-bond donors (Lipinski definition) is 0.